The Morgan fingerprint density at radius 1 is 1.00 bits per heavy atom. The van der Waals surface area contributed by atoms with Crippen LogP contribution in [0.4, 0.5) is 4.39 Å². The van der Waals surface area contributed by atoms with Crippen LogP contribution in [0.1, 0.15) is 5.56 Å². The van der Waals surface area contributed by atoms with Crippen LogP contribution in [0.5, 0.6) is 17.2 Å². The van der Waals surface area contributed by atoms with Gasteiger partial charge in [0, 0.05) is 24.7 Å². The number of methoxy groups -OCH3 is 2. The second kappa shape index (κ2) is 8.03. The lowest BCUT2D eigenvalue weighted by Gasteiger charge is -2.10. The number of rotatable bonds is 7. The van der Waals surface area contributed by atoms with Crippen LogP contribution >= 0.6 is 0 Å². The fourth-order valence-corrected chi connectivity index (χ4v) is 1.87. The maximum Gasteiger partial charge on any atom is 0.258 e. The first-order chi connectivity index (χ1) is 11.1. The molecule has 6 heteroatoms. The SMILES string of the molecule is COc1cc(OC)cc(OCC(=O)NCc2ccc(F)cc2)c1. The van der Waals surface area contributed by atoms with Crippen molar-refractivity contribution in [3.8, 4) is 17.2 Å². The summed E-state index contributed by atoms with van der Waals surface area (Å²) in [6.07, 6.45) is 0. The van der Waals surface area contributed by atoms with Gasteiger partial charge in [-0.2, -0.15) is 0 Å². The van der Waals surface area contributed by atoms with Crippen molar-refractivity contribution in [1.82, 2.24) is 5.32 Å². The molecule has 2 aromatic carbocycles. The fraction of sp³-hybridized carbons (Fsp3) is 0.235. The molecule has 0 heterocycles. The summed E-state index contributed by atoms with van der Waals surface area (Å²) in [4.78, 5) is 11.8. The Balaban J connectivity index is 1.85. The zero-order valence-corrected chi connectivity index (χ0v) is 13.0. The van der Waals surface area contributed by atoms with Gasteiger partial charge in [0.25, 0.3) is 5.91 Å². The molecule has 0 bridgehead atoms. The molecule has 0 atom stereocenters. The third kappa shape index (κ3) is 5.18. The molecule has 0 saturated carbocycles. The van der Waals surface area contributed by atoms with Gasteiger partial charge in [0.05, 0.1) is 14.2 Å². The molecule has 0 aliphatic rings. The van der Waals surface area contributed by atoms with Crippen molar-refractivity contribution in [1.29, 1.82) is 0 Å². The molecule has 2 rings (SSSR count). The van der Waals surface area contributed by atoms with Crippen LogP contribution in [0, 0.1) is 5.82 Å². The summed E-state index contributed by atoms with van der Waals surface area (Å²) in [5, 5.41) is 2.70. The summed E-state index contributed by atoms with van der Waals surface area (Å²) in [6.45, 7) is 0.168. The van der Waals surface area contributed by atoms with Crippen LogP contribution in [0.15, 0.2) is 42.5 Å². The van der Waals surface area contributed by atoms with Crippen LogP contribution in [0.3, 0.4) is 0 Å². The first-order valence-corrected chi connectivity index (χ1v) is 6.97. The highest BCUT2D eigenvalue weighted by atomic mass is 19.1. The van der Waals surface area contributed by atoms with E-state index in [1.165, 1.54) is 26.4 Å². The molecular weight excluding hydrogens is 301 g/mol. The highest BCUT2D eigenvalue weighted by Gasteiger charge is 2.06. The van der Waals surface area contributed by atoms with Crippen molar-refractivity contribution in [3.63, 3.8) is 0 Å². The second-order valence-corrected chi connectivity index (χ2v) is 4.74. The Hall–Kier alpha value is -2.76. The lowest BCUT2D eigenvalue weighted by atomic mass is 10.2. The van der Waals surface area contributed by atoms with Crippen LogP contribution in [0.25, 0.3) is 0 Å². The summed E-state index contributed by atoms with van der Waals surface area (Å²) in [7, 11) is 3.07. The molecule has 23 heavy (non-hydrogen) atoms. The molecule has 0 unspecified atom stereocenters. The van der Waals surface area contributed by atoms with E-state index in [1.807, 2.05) is 0 Å². The predicted molar refractivity (Wildman–Crippen MR) is 83.3 cm³/mol. The van der Waals surface area contributed by atoms with E-state index in [-0.39, 0.29) is 18.3 Å². The van der Waals surface area contributed by atoms with Crippen LogP contribution in [-0.2, 0) is 11.3 Å². The van der Waals surface area contributed by atoms with Gasteiger partial charge in [-0.05, 0) is 17.7 Å². The molecule has 1 N–H and O–H groups in total. The quantitative estimate of drug-likeness (QED) is 0.852. The molecule has 0 saturated heterocycles. The van der Waals surface area contributed by atoms with Gasteiger partial charge in [-0.15, -0.1) is 0 Å². The maximum atomic E-state index is 12.8. The van der Waals surface area contributed by atoms with Crippen molar-refractivity contribution in [2.75, 3.05) is 20.8 Å². The van der Waals surface area contributed by atoms with E-state index >= 15 is 0 Å². The number of ether oxygens (including phenoxy) is 3. The standard InChI is InChI=1S/C17H18FNO4/c1-21-14-7-15(22-2)9-16(8-14)23-11-17(20)19-10-12-3-5-13(18)6-4-12/h3-9H,10-11H2,1-2H3,(H,19,20). The van der Waals surface area contributed by atoms with Gasteiger partial charge in [0.2, 0.25) is 0 Å². The first-order valence-electron chi connectivity index (χ1n) is 6.97. The van der Waals surface area contributed by atoms with Crippen molar-refractivity contribution in [3.05, 3.63) is 53.8 Å². The van der Waals surface area contributed by atoms with E-state index in [2.05, 4.69) is 5.32 Å². The third-order valence-corrected chi connectivity index (χ3v) is 3.10. The van der Waals surface area contributed by atoms with E-state index in [1.54, 1.807) is 30.3 Å². The number of hydrogen-bond donors (Lipinski definition) is 1. The van der Waals surface area contributed by atoms with E-state index in [0.717, 1.165) is 5.56 Å². The molecule has 0 aliphatic carbocycles. The molecule has 1 amide bonds. The average Bonchev–Trinajstić information content (AvgIpc) is 2.59. The Bertz CT molecular complexity index is 636. The zero-order chi connectivity index (χ0) is 16.7. The normalized spacial score (nSPS) is 10.0. The number of hydrogen-bond acceptors (Lipinski definition) is 4. The molecule has 0 aliphatic heterocycles. The predicted octanol–water partition coefficient (Wildman–Crippen LogP) is 2.54. The summed E-state index contributed by atoms with van der Waals surface area (Å²) in [5.74, 6) is 1.03. The van der Waals surface area contributed by atoms with Crippen molar-refractivity contribution in [2.45, 2.75) is 6.54 Å². The maximum absolute atomic E-state index is 12.8. The summed E-state index contributed by atoms with van der Waals surface area (Å²) in [6, 6.07) is 11.0. The highest BCUT2D eigenvalue weighted by Crippen LogP contribution is 2.27. The number of carbonyl (C=O) groups excluding carboxylic acids is 1. The average molecular weight is 319 g/mol. The number of nitrogens with one attached hydrogen (secondary N) is 1. The summed E-state index contributed by atoms with van der Waals surface area (Å²) < 4.78 is 28.5. The zero-order valence-electron chi connectivity index (χ0n) is 13.0. The van der Waals surface area contributed by atoms with Gasteiger partial charge < -0.3 is 19.5 Å². The van der Waals surface area contributed by atoms with Gasteiger partial charge in [-0.1, -0.05) is 12.1 Å². The lowest BCUT2D eigenvalue weighted by Crippen LogP contribution is -2.28. The Kier molecular flexibility index (Phi) is 5.80. The molecule has 5 nitrogen and oxygen atoms in total. The Morgan fingerprint density at radius 3 is 2.13 bits per heavy atom. The van der Waals surface area contributed by atoms with Gasteiger partial charge >= 0.3 is 0 Å². The minimum absolute atomic E-state index is 0.141. The molecule has 122 valence electrons. The van der Waals surface area contributed by atoms with Crippen LogP contribution in [-0.4, -0.2) is 26.7 Å². The van der Waals surface area contributed by atoms with Crippen LogP contribution < -0.4 is 19.5 Å². The van der Waals surface area contributed by atoms with Crippen LogP contribution in [0.2, 0.25) is 0 Å². The first kappa shape index (κ1) is 16.6. The third-order valence-electron chi connectivity index (χ3n) is 3.10. The molecule has 2 aromatic rings. The fourth-order valence-electron chi connectivity index (χ4n) is 1.87. The van der Waals surface area contributed by atoms with Gasteiger partial charge in [0.1, 0.15) is 23.1 Å². The van der Waals surface area contributed by atoms with E-state index < -0.39 is 0 Å². The Morgan fingerprint density at radius 2 is 1.57 bits per heavy atom. The van der Waals surface area contributed by atoms with Gasteiger partial charge in [-0.25, -0.2) is 4.39 Å². The number of halogens is 1. The minimum Gasteiger partial charge on any atom is -0.496 e. The summed E-state index contributed by atoms with van der Waals surface area (Å²) >= 11 is 0. The topological polar surface area (TPSA) is 56.8 Å². The smallest absolute Gasteiger partial charge is 0.258 e. The monoisotopic (exact) mass is 319 g/mol. The lowest BCUT2D eigenvalue weighted by molar-refractivity contribution is -0.123. The van der Waals surface area contributed by atoms with Gasteiger partial charge in [-0.3, -0.25) is 4.79 Å². The van der Waals surface area contributed by atoms with Crippen molar-refractivity contribution in [2.24, 2.45) is 0 Å². The molecule has 0 spiro atoms. The number of benzene rings is 2. The molecule has 0 fully saturated rings. The van der Waals surface area contributed by atoms with E-state index in [4.69, 9.17) is 14.2 Å². The van der Waals surface area contributed by atoms with E-state index in [9.17, 15) is 9.18 Å². The van der Waals surface area contributed by atoms with Gasteiger partial charge in [0.15, 0.2) is 6.61 Å². The van der Waals surface area contributed by atoms with Crippen molar-refractivity contribution < 1.29 is 23.4 Å². The largest absolute Gasteiger partial charge is 0.496 e. The molecule has 0 radical (unpaired) electrons. The molecule has 0 aromatic heterocycles. The van der Waals surface area contributed by atoms with E-state index in [0.29, 0.717) is 23.8 Å². The Labute approximate surface area is 134 Å². The molecular formula is C17H18FNO4. The minimum atomic E-state index is -0.310. The number of carbonyl (C=O) groups is 1. The second-order valence-electron chi connectivity index (χ2n) is 4.74. The highest BCUT2D eigenvalue weighted by molar-refractivity contribution is 5.77. The van der Waals surface area contributed by atoms with Crippen molar-refractivity contribution >= 4 is 5.91 Å². The summed E-state index contributed by atoms with van der Waals surface area (Å²) in [5.41, 5.74) is 0.808. The number of amides is 1.